The SMILES string of the molecule is Cc1cccc(Cn2nc(-c3cccs3)oc2=O)c1. The molecule has 19 heavy (non-hydrogen) atoms. The van der Waals surface area contributed by atoms with Gasteiger partial charge in [0.15, 0.2) is 0 Å². The third-order valence-corrected chi connectivity index (χ3v) is 3.61. The molecule has 0 bridgehead atoms. The van der Waals surface area contributed by atoms with Gasteiger partial charge >= 0.3 is 5.76 Å². The molecule has 1 aromatic carbocycles. The van der Waals surface area contributed by atoms with E-state index in [1.54, 1.807) is 0 Å². The molecule has 3 rings (SSSR count). The molecule has 3 aromatic rings. The predicted octanol–water partition coefficient (Wildman–Crippen LogP) is 2.92. The van der Waals surface area contributed by atoms with Gasteiger partial charge in [-0.2, -0.15) is 4.68 Å². The van der Waals surface area contributed by atoms with Crippen LogP contribution >= 0.6 is 11.3 Å². The van der Waals surface area contributed by atoms with E-state index >= 15 is 0 Å². The molecule has 0 saturated carbocycles. The summed E-state index contributed by atoms with van der Waals surface area (Å²) in [4.78, 5) is 12.6. The van der Waals surface area contributed by atoms with Crippen LogP contribution in [0.5, 0.6) is 0 Å². The van der Waals surface area contributed by atoms with E-state index < -0.39 is 5.76 Å². The van der Waals surface area contributed by atoms with Crippen molar-refractivity contribution in [3.63, 3.8) is 0 Å². The zero-order valence-electron chi connectivity index (χ0n) is 10.4. The van der Waals surface area contributed by atoms with E-state index in [4.69, 9.17) is 4.42 Å². The molecule has 2 heterocycles. The lowest BCUT2D eigenvalue weighted by molar-refractivity contribution is 0.495. The number of nitrogens with zero attached hydrogens (tertiary/aromatic N) is 2. The molecule has 0 saturated heterocycles. The number of rotatable bonds is 3. The Labute approximate surface area is 113 Å². The van der Waals surface area contributed by atoms with E-state index in [0.717, 1.165) is 16.0 Å². The van der Waals surface area contributed by atoms with Crippen molar-refractivity contribution >= 4 is 11.3 Å². The monoisotopic (exact) mass is 272 g/mol. The van der Waals surface area contributed by atoms with Crippen LogP contribution in [0.2, 0.25) is 0 Å². The molecule has 0 aliphatic rings. The summed E-state index contributed by atoms with van der Waals surface area (Å²) in [6.07, 6.45) is 0. The molecule has 0 fully saturated rings. The second-order valence-corrected chi connectivity index (χ2v) is 5.24. The van der Waals surface area contributed by atoms with E-state index in [2.05, 4.69) is 5.10 Å². The Balaban J connectivity index is 1.92. The van der Waals surface area contributed by atoms with Gasteiger partial charge in [0.2, 0.25) is 0 Å². The first kappa shape index (κ1) is 11.9. The van der Waals surface area contributed by atoms with Gasteiger partial charge in [-0.3, -0.25) is 0 Å². The van der Waals surface area contributed by atoms with Crippen molar-refractivity contribution in [3.8, 4) is 10.8 Å². The van der Waals surface area contributed by atoms with Gasteiger partial charge in [-0.05, 0) is 23.9 Å². The van der Waals surface area contributed by atoms with Gasteiger partial charge in [0, 0.05) is 0 Å². The van der Waals surface area contributed by atoms with Crippen LogP contribution in [-0.2, 0) is 6.54 Å². The number of hydrogen-bond donors (Lipinski definition) is 0. The van der Waals surface area contributed by atoms with Crippen molar-refractivity contribution in [2.75, 3.05) is 0 Å². The highest BCUT2D eigenvalue weighted by Crippen LogP contribution is 2.21. The van der Waals surface area contributed by atoms with E-state index in [1.807, 2.05) is 48.7 Å². The van der Waals surface area contributed by atoms with Crippen LogP contribution in [0.3, 0.4) is 0 Å². The van der Waals surface area contributed by atoms with Crippen LogP contribution in [0.15, 0.2) is 51.0 Å². The van der Waals surface area contributed by atoms with Crippen LogP contribution in [0.4, 0.5) is 0 Å². The van der Waals surface area contributed by atoms with Gasteiger partial charge in [-0.25, -0.2) is 4.79 Å². The van der Waals surface area contributed by atoms with Crippen LogP contribution in [-0.4, -0.2) is 9.78 Å². The van der Waals surface area contributed by atoms with E-state index in [-0.39, 0.29) is 0 Å². The van der Waals surface area contributed by atoms with Crippen molar-refractivity contribution in [1.29, 1.82) is 0 Å². The van der Waals surface area contributed by atoms with E-state index in [0.29, 0.717) is 12.4 Å². The maximum atomic E-state index is 11.8. The summed E-state index contributed by atoms with van der Waals surface area (Å²) in [7, 11) is 0. The summed E-state index contributed by atoms with van der Waals surface area (Å²) < 4.78 is 6.52. The first-order valence-corrected chi connectivity index (χ1v) is 6.78. The molecule has 5 heteroatoms. The maximum Gasteiger partial charge on any atom is 0.437 e. The third-order valence-electron chi connectivity index (χ3n) is 2.75. The summed E-state index contributed by atoms with van der Waals surface area (Å²) in [5.41, 5.74) is 2.20. The lowest BCUT2D eigenvalue weighted by Gasteiger charge is -2.00. The quantitative estimate of drug-likeness (QED) is 0.736. The lowest BCUT2D eigenvalue weighted by Crippen LogP contribution is -2.16. The normalized spacial score (nSPS) is 10.8. The fourth-order valence-electron chi connectivity index (χ4n) is 1.89. The molecule has 0 radical (unpaired) electrons. The van der Waals surface area contributed by atoms with Gasteiger partial charge in [0.1, 0.15) is 0 Å². The van der Waals surface area contributed by atoms with Crippen LogP contribution in [0.1, 0.15) is 11.1 Å². The van der Waals surface area contributed by atoms with Crippen molar-refractivity contribution in [2.24, 2.45) is 0 Å². The van der Waals surface area contributed by atoms with Crippen LogP contribution < -0.4 is 5.76 Å². The Morgan fingerprint density at radius 2 is 2.21 bits per heavy atom. The molecule has 4 nitrogen and oxygen atoms in total. The molecular weight excluding hydrogens is 260 g/mol. The smallest absolute Gasteiger partial charge is 0.387 e. The highest BCUT2D eigenvalue weighted by molar-refractivity contribution is 7.13. The largest absolute Gasteiger partial charge is 0.437 e. The molecule has 0 aliphatic carbocycles. The molecule has 0 aliphatic heterocycles. The van der Waals surface area contributed by atoms with Crippen molar-refractivity contribution in [2.45, 2.75) is 13.5 Å². The number of benzene rings is 1. The van der Waals surface area contributed by atoms with Crippen LogP contribution in [0, 0.1) is 6.92 Å². The van der Waals surface area contributed by atoms with Gasteiger partial charge < -0.3 is 4.42 Å². The topological polar surface area (TPSA) is 48.0 Å². The zero-order valence-corrected chi connectivity index (χ0v) is 11.2. The van der Waals surface area contributed by atoms with Crippen LogP contribution in [0.25, 0.3) is 10.8 Å². The first-order chi connectivity index (χ1) is 9.22. The highest BCUT2D eigenvalue weighted by Gasteiger charge is 2.11. The minimum absolute atomic E-state index is 0.382. The summed E-state index contributed by atoms with van der Waals surface area (Å²) in [5.74, 6) is -0.0439. The first-order valence-electron chi connectivity index (χ1n) is 5.90. The molecule has 0 atom stereocenters. The molecule has 0 spiro atoms. The maximum absolute atomic E-state index is 11.8. The summed E-state index contributed by atoms with van der Waals surface area (Å²) in [6, 6.07) is 11.8. The number of aryl methyl sites for hydroxylation is 1. The summed E-state index contributed by atoms with van der Waals surface area (Å²) >= 11 is 1.50. The molecular formula is C14H12N2O2S. The Kier molecular flexibility index (Phi) is 3.05. The van der Waals surface area contributed by atoms with Gasteiger partial charge in [-0.1, -0.05) is 35.9 Å². The zero-order chi connectivity index (χ0) is 13.2. The average Bonchev–Trinajstić information content (AvgIpc) is 3.00. The average molecular weight is 272 g/mol. The Bertz CT molecular complexity index is 741. The van der Waals surface area contributed by atoms with Gasteiger partial charge in [0.05, 0.1) is 11.4 Å². The Morgan fingerprint density at radius 3 is 2.95 bits per heavy atom. The number of aromatic nitrogens is 2. The van der Waals surface area contributed by atoms with E-state index in [9.17, 15) is 4.79 Å². The fraction of sp³-hybridized carbons (Fsp3) is 0.143. The molecule has 0 amide bonds. The van der Waals surface area contributed by atoms with Crippen molar-refractivity contribution in [1.82, 2.24) is 9.78 Å². The summed E-state index contributed by atoms with van der Waals surface area (Å²) in [5, 5.41) is 6.15. The second-order valence-electron chi connectivity index (χ2n) is 4.30. The highest BCUT2D eigenvalue weighted by atomic mass is 32.1. The van der Waals surface area contributed by atoms with Gasteiger partial charge in [0.25, 0.3) is 5.89 Å². The van der Waals surface area contributed by atoms with E-state index in [1.165, 1.54) is 16.0 Å². The molecule has 96 valence electrons. The minimum atomic E-state index is -0.426. The number of thiophene rings is 1. The molecule has 0 N–H and O–H groups in total. The second kappa shape index (κ2) is 4.85. The van der Waals surface area contributed by atoms with Crippen molar-refractivity contribution < 1.29 is 4.42 Å². The Morgan fingerprint density at radius 1 is 1.32 bits per heavy atom. The lowest BCUT2D eigenvalue weighted by atomic mass is 10.1. The molecule has 0 unspecified atom stereocenters. The fourth-order valence-corrected chi connectivity index (χ4v) is 2.53. The summed E-state index contributed by atoms with van der Waals surface area (Å²) in [6.45, 7) is 2.45. The predicted molar refractivity (Wildman–Crippen MR) is 74.4 cm³/mol. The van der Waals surface area contributed by atoms with Crippen molar-refractivity contribution in [3.05, 3.63) is 63.5 Å². The van der Waals surface area contributed by atoms with Gasteiger partial charge in [-0.15, -0.1) is 16.4 Å². The standard InChI is InChI=1S/C14H12N2O2S/c1-10-4-2-5-11(8-10)9-16-14(17)18-13(15-16)12-6-3-7-19-12/h2-8H,9H2,1H3. The third kappa shape index (κ3) is 2.51. The number of hydrogen-bond acceptors (Lipinski definition) is 4. The Hall–Kier alpha value is -2.14. The minimum Gasteiger partial charge on any atom is -0.387 e. The molecule has 2 aromatic heterocycles.